The molecule has 0 spiro atoms. The fourth-order valence-corrected chi connectivity index (χ4v) is 0. The van der Waals surface area contributed by atoms with Crippen LogP contribution in [0.5, 0.6) is 0 Å². The quantitative estimate of drug-likeness (QED) is 0.424. The molecule has 0 saturated carbocycles. The van der Waals surface area contributed by atoms with Crippen molar-refractivity contribution in [2.75, 3.05) is 0 Å². The first kappa shape index (κ1) is 15.9. The van der Waals surface area contributed by atoms with Gasteiger partial charge in [0.25, 0.3) is 0 Å². The molecule has 0 radical (unpaired) electrons. The fourth-order valence-electron chi connectivity index (χ4n) is 0. The van der Waals surface area contributed by atoms with E-state index in [1.54, 1.807) is 0 Å². The third-order valence-electron chi connectivity index (χ3n) is 0. The molecule has 0 aromatic heterocycles. The Balaban J connectivity index is -0.0000000400. The van der Waals surface area contributed by atoms with Crippen molar-refractivity contribution in [3.63, 3.8) is 0 Å². The molecule has 0 bridgehead atoms. The molecule has 0 aliphatic heterocycles. The van der Waals surface area contributed by atoms with Crippen LogP contribution in [0.15, 0.2) is 0 Å². The van der Waals surface area contributed by atoms with E-state index in [9.17, 15) is 0 Å². The summed E-state index contributed by atoms with van der Waals surface area (Å²) in [4.78, 5) is 0. The van der Waals surface area contributed by atoms with Crippen LogP contribution in [0, 0.1) is 0 Å². The van der Waals surface area contributed by atoms with E-state index in [0.717, 1.165) is 0 Å². The van der Waals surface area contributed by atoms with Gasteiger partial charge in [0.2, 0.25) is 0 Å². The summed E-state index contributed by atoms with van der Waals surface area (Å²) in [5, 5.41) is 0. The first-order valence-electron chi connectivity index (χ1n) is 0.943. The van der Waals surface area contributed by atoms with E-state index < -0.39 is 31.4 Å². The zero-order valence-corrected chi connectivity index (χ0v) is 11.8. The van der Waals surface area contributed by atoms with E-state index in [4.69, 9.17) is 15.8 Å². The van der Waals surface area contributed by atoms with Gasteiger partial charge in [-0.15, -0.1) is 0 Å². The molecule has 0 saturated heterocycles. The minimum atomic E-state index is -2.19. The largest absolute Gasteiger partial charge is 2.00 e. The molecule has 36 valence electrons. The van der Waals surface area contributed by atoms with E-state index in [2.05, 4.69) is 0 Å². The van der Waals surface area contributed by atoms with Gasteiger partial charge in [-0.3, -0.25) is 0 Å². The molecule has 0 atom stereocenters. The Bertz CT molecular complexity index is 30.7. The summed E-state index contributed by atoms with van der Waals surface area (Å²) in [6, 6.07) is 0. The van der Waals surface area contributed by atoms with Crippen molar-refractivity contribution in [1.82, 2.24) is 0 Å². The molecule has 0 aromatic carbocycles. The van der Waals surface area contributed by atoms with Crippen molar-refractivity contribution >= 4 is 76.9 Å². The standard InChI is InChI=1S/2GeHO2.Sr/c2*2-1-3;/h2*1H;/q2*-1;+2. The maximum atomic E-state index is 8.53. The molecule has 0 aliphatic carbocycles. The molecular formula is H2Ge2O4Sr. The van der Waals surface area contributed by atoms with Crippen molar-refractivity contribution < 1.29 is 15.8 Å². The van der Waals surface area contributed by atoms with Crippen molar-refractivity contribution in [2.24, 2.45) is 0 Å². The molecule has 4 nitrogen and oxygen atoms in total. The van der Waals surface area contributed by atoms with Crippen LogP contribution < -0.4 is 8.27 Å². The average molecular weight is 299 g/mol. The van der Waals surface area contributed by atoms with E-state index in [1.807, 2.05) is 0 Å². The van der Waals surface area contributed by atoms with E-state index in [0.29, 0.717) is 0 Å². The van der Waals surface area contributed by atoms with E-state index in [-0.39, 0.29) is 45.5 Å². The third-order valence-corrected chi connectivity index (χ3v) is 0. The van der Waals surface area contributed by atoms with Crippen molar-refractivity contribution in [3.05, 3.63) is 0 Å². The van der Waals surface area contributed by atoms with Gasteiger partial charge < -0.3 is 0 Å². The van der Waals surface area contributed by atoms with Crippen molar-refractivity contribution in [3.8, 4) is 0 Å². The van der Waals surface area contributed by atoms with Gasteiger partial charge in [0.05, 0.1) is 0 Å². The van der Waals surface area contributed by atoms with Gasteiger partial charge in [-0.2, -0.15) is 0 Å². The first-order valence-corrected chi connectivity index (χ1v) is 4.90. The smallest absolute Gasteiger partial charge is 2.00 e. The summed E-state index contributed by atoms with van der Waals surface area (Å²) in [6.07, 6.45) is 0. The van der Waals surface area contributed by atoms with Crippen molar-refractivity contribution in [1.29, 1.82) is 0 Å². The Kier molecular flexibility index (Phi) is 56.9. The van der Waals surface area contributed by atoms with Gasteiger partial charge in [-0.1, -0.05) is 0 Å². The first-order chi connectivity index (χ1) is 2.83. The molecule has 0 N–H and O–H groups in total. The second-order valence-corrected chi connectivity index (χ2v) is 1.00. The third kappa shape index (κ3) is 82.8. The zero-order valence-electron chi connectivity index (χ0n) is 3.49. The van der Waals surface area contributed by atoms with Crippen LogP contribution in [0.3, 0.4) is 0 Å². The predicted octanol–water partition coefficient (Wildman–Crippen LogP) is -4.29. The Labute approximate surface area is 91.0 Å². The van der Waals surface area contributed by atoms with Gasteiger partial charge in [0.15, 0.2) is 0 Å². The second-order valence-electron chi connectivity index (χ2n) is 0.192. The van der Waals surface area contributed by atoms with Crippen LogP contribution in [0.25, 0.3) is 0 Å². The molecule has 0 aromatic rings. The topological polar surface area (TPSA) is 80.3 Å². The zero-order chi connectivity index (χ0) is 5.41. The van der Waals surface area contributed by atoms with Gasteiger partial charge in [0, 0.05) is 0 Å². The molecule has 0 unspecified atom stereocenters. The van der Waals surface area contributed by atoms with E-state index >= 15 is 0 Å². The van der Waals surface area contributed by atoms with Crippen LogP contribution in [-0.2, 0) is 7.56 Å². The monoisotopic (exact) mass is 302 g/mol. The van der Waals surface area contributed by atoms with Crippen LogP contribution in [0.1, 0.15) is 0 Å². The summed E-state index contributed by atoms with van der Waals surface area (Å²) >= 11 is -4.38. The van der Waals surface area contributed by atoms with E-state index in [1.165, 1.54) is 0 Å². The van der Waals surface area contributed by atoms with Crippen molar-refractivity contribution in [2.45, 2.75) is 0 Å². The van der Waals surface area contributed by atoms with Gasteiger partial charge >= 0.3 is 92.7 Å². The van der Waals surface area contributed by atoms with Crippen LogP contribution in [-0.4, -0.2) is 76.9 Å². The Morgan fingerprint density at radius 2 is 1.00 bits per heavy atom. The number of rotatable bonds is 0. The maximum Gasteiger partial charge on any atom is 2.00 e. The minimum absolute atomic E-state index is 0. The normalized spacial score (nSPS) is 3.43. The Hall–Kier alpha value is 1.77. The number of hydrogen-bond donors (Lipinski definition) is 0. The molecule has 0 fully saturated rings. The van der Waals surface area contributed by atoms with Gasteiger partial charge in [0.1, 0.15) is 0 Å². The molecule has 0 aliphatic rings. The molecular weight excluding hydrogens is 297 g/mol. The van der Waals surface area contributed by atoms with Crippen LogP contribution >= 0.6 is 0 Å². The second kappa shape index (κ2) is 25.1. The summed E-state index contributed by atoms with van der Waals surface area (Å²) in [6.45, 7) is 0. The molecule has 0 heterocycles. The minimum Gasteiger partial charge on any atom is 2.00 e. The summed E-state index contributed by atoms with van der Waals surface area (Å²) < 4.78 is 34.1. The Morgan fingerprint density at radius 3 is 1.00 bits per heavy atom. The summed E-state index contributed by atoms with van der Waals surface area (Å²) in [7, 11) is 0. The molecule has 7 heteroatoms. The summed E-state index contributed by atoms with van der Waals surface area (Å²) in [5.41, 5.74) is 0. The number of hydrogen-bond acceptors (Lipinski definition) is 4. The molecule has 0 rings (SSSR count). The van der Waals surface area contributed by atoms with Gasteiger partial charge in [-0.25, -0.2) is 0 Å². The average Bonchev–Trinajstić information content (AvgIpc) is 1.39. The summed E-state index contributed by atoms with van der Waals surface area (Å²) in [5.74, 6) is 0. The predicted molar refractivity (Wildman–Crippen MR) is 21.4 cm³/mol. The fraction of sp³-hybridized carbons (Fsp3) is 0. The van der Waals surface area contributed by atoms with Crippen LogP contribution in [0.2, 0.25) is 0 Å². The maximum absolute atomic E-state index is 8.53. The Morgan fingerprint density at radius 1 is 1.00 bits per heavy atom. The van der Waals surface area contributed by atoms with Gasteiger partial charge in [-0.05, 0) is 0 Å². The molecule has 0 amide bonds. The molecule has 7 heavy (non-hydrogen) atoms. The van der Waals surface area contributed by atoms with Crippen LogP contribution in [0.4, 0.5) is 0 Å². The SMILES string of the molecule is [O]=[GeH][O-].[O]=[GeH][O-].[Sr+2].